The van der Waals surface area contributed by atoms with Crippen molar-refractivity contribution in [3.8, 4) is 0 Å². The smallest absolute Gasteiger partial charge is 0.326 e. The highest BCUT2D eigenvalue weighted by Gasteiger charge is 2.47. The van der Waals surface area contributed by atoms with Crippen molar-refractivity contribution in [3.05, 3.63) is 35.9 Å². The maximum Gasteiger partial charge on any atom is 0.326 e. The molecule has 40 N–H and O–H groups in total. The van der Waals surface area contributed by atoms with Gasteiger partial charge in [-0.2, -0.15) is 0 Å². The summed E-state index contributed by atoms with van der Waals surface area (Å²) in [4.78, 5) is 256. The number of hydrogen-bond acceptors (Lipinski definition) is 26. The second-order valence-electron chi connectivity index (χ2n) is 34.4. The number of guanidine groups is 5. The molecule has 3 saturated heterocycles. The Labute approximate surface area is 791 Å². The molecule has 54 nitrogen and oxygen atoms in total. The summed E-state index contributed by atoms with van der Waals surface area (Å²) in [5, 5.41) is 122. The number of hydrogen-bond donors (Lipinski definition) is 33. The number of aliphatic hydroxyl groups excluding tert-OH is 2. The molecule has 0 bridgehead atoms. The van der Waals surface area contributed by atoms with Gasteiger partial charge in [0.25, 0.3) is 0 Å². The number of nitrogens with two attached hydrogens (primary N) is 7. The summed E-state index contributed by atoms with van der Waals surface area (Å²) in [6.45, 7) is 7.67. The molecule has 3 heterocycles. The summed E-state index contributed by atoms with van der Waals surface area (Å²) >= 11 is 0. The van der Waals surface area contributed by atoms with E-state index in [0.717, 1.165) is 6.92 Å². The molecule has 17 atom stereocenters. The molecule has 0 unspecified atom stereocenters. The fraction of sp³-hybridized carbons (Fsp3) is 0.651. The molecule has 1 aromatic rings. The van der Waals surface area contributed by atoms with Crippen molar-refractivity contribution in [2.75, 3.05) is 59.0 Å². The number of carboxylic acids is 2. The summed E-state index contributed by atoms with van der Waals surface area (Å²) in [6, 6.07) is -16.8. The Bertz CT molecular complexity index is 4400. The number of nitrogens with one attached hydrogen (secondary N) is 22. The Morgan fingerprint density at radius 3 is 1.18 bits per heavy atom. The largest absolute Gasteiger partial charge is 0.481 e. The first-order valence-electron chi connectivity index (χ1n) is 45.3. The maximum absolute atomic E-state index is 15.3. The number of carbonyl (C=O) groups excluding carboxylic acids is 16. The number of benzene rings is 1. The number of rotatable bonds is 59. The average molecular weight is 1940 g/mol. The van der Waals surface area contributed by atoms with Crippen LogP contribution in [0.4, 0.5) is 0 Å². The monoisotopic (exact) mass is 1940 g/mol. The molecule has 3 fully saturated rings. The van der Waals surface area contributed by atoms with Crippen LogP contribution in [0.3, 0.4) is 0 Å². The Kier molecular flexibility index (Phi) is 49.0. The van der Waals surface area contributed by atoms with Gasteiger partial charge in [0.1, 0.15) is 90.6 Å². The number of likely N-dealkylation sites (tertiary alicyclic amines) is 3. The van der Waals surface area contributed by atoms with Crippen molar-refractivity contribution in [3.63, 3.8) is 0 Å². The highest BCUT2D eigenvalue weighted by Crippen LogP contribution is 2.28. The van der Waals surface area contributed by atoms with Crippen LogP contribution in [-0.2, 0) is 92.7 Å². The molecule has 137 heavy (non-hydrogen) atoms. The van der Waals surface area contributed by atoms with Crippen LogP contribution in [0.1, 0.15) is 169 Å². The highest BCUT2D eigenvalue weighted by molar-refractivity contribution is 6.02. The molecule has 4 rings (SSSR count). The molecule has 0 saturated carbocycles. The fourth-order valence-electron chi connectivity index (χ4n) is 15.4. The van der Waals surface area contributed by atoms with Crippen LogP contribution in [0.25, 0.3) is 0 Å². The van der Waals surface area contributed by atoms with Crippen LogP contribution in [0.15, 0.2) is 30.3 Å². The van der Waals surface area contributed by atoms with E-state index in [4.69, 9.17) is 67.2 Å². The van der Waals surface area contributed by atoms with Crippen molar-refractivity contribution in [1.29, 1.82) is 27.0 Å². The lowest BCUT2D eigenvalue weighted by Crippen LogP contribution is -2.62. The van der Waals surface area contributed by atoms with E-state index >= 15 is 19.2 Å². The van der Waals surface area contributed by atoms with Crippen molar-refractivity contribution in [2.45, 2.75) is 273 Å². The minimum atomic E-state index is -1.95. The van der Waals surface area contributed by atoms with Crippen LogP contribution in [0.2, 0.25) is 0 Å². The molecule has 0 aliphatic carbocycles. The van der Waals surface area contributed by atoms with Crippen molar-refractivity contribution < 1.29 is 107 Å². The second kappa shape index (κ2) is 58.3. The molecular weight excluding hydrogens is 1800 g/mol. The molecule has 3 aliphatic heterocycles. The van der Waals surface area contributed by atoms with Gasteiger partial charge in [-0.1, -0.05) is 58.0 Å². The van der Waals surface area contributed by atoms with Gasteiger partial charge in [0.05, 0.1) is 31.6 Å². The lowest BCUT2D eigenvalue weighted by molar-refractivity contribution is -0.148. The average Bonchev–Trinajstić information content (AvgIpc) is 1.66. The topological polar surface area (TPSA) is 904 Å². The van der Waals surface area contributed by atoms with Gasteiger partial charge < -0.3 is 166 Å². The number of aliphatic carboxylic acids is 2. The molecule has 764 valence electrons. The Morgan fingerprint density at radius 2 is 0.752 bits per heavy atom. The Balaban J connectivity index is 1.63. The molecule has 1 aromatic carbocycles. The number of amides is 16. The van der Waals surface area contributed by atoms with Crippen LogP contribution in [0.5, 0.6) is 0 Å². The van der Waals surface area contributed by atoms with E-state index in [0.29, 0.717) is 18.4 Å². The van der Waals surface area contributed by atoms with Crippen molar-refractivity contribution in [1.82, 2.24) is 105 Å². The Morgan fingerprint density at radius 1 is 0.394 bits per heavy atom. The van der Waals surface area contributed by atoms with Gasteiger partial charge in [0.2, 0.25) is 94.5 Å². The zero-order valence-electron chi connectivity index (χ0n) is 77.9. The van der Waals surface area contributed by atoms with E-state index in [1.54, 1.807) is 44.2 Å². The predicted octanol–water partition coefficient (Wildman–Crippen LogP) is -10.8. The van der Waals surface area contributed by atoms with E-state index in [1.165, 1.54) is 35.5 Å². The summed E-state index contributed by atoms with van der Waals surface area (Å²) in [5.74, 6) is -22.3. The van der Waals surface area contributed by atoms with Gasteiger partial charge >= 0.3 is 11.9 Å². The summed E-state index contributed by atoms with van der Waals surface area (Å²) in [7, 11) is 0. The summed E-state index contributed by atoms with van der Waals surface area (Å²) < 4.78 is 0. The number of primary amides is 1. The molecule has 54 heteroatoms. The highest BCUT2D eigenvalue weighted by atomic mass is 16.4. The summed E-state index contributed by atoms with van der Waals surface area (Å²) in [6.07, 6.45) is -3.87. The number of aliphatic hydroxyl groups is 2. The van der Waals surface area contributed by atoms with Crippen LogP contribution < -0.4 is 131 Å². The lowest BCUT2D eigenvalue weighted by atomic mass is 10.0. The van der Waals surface area contributed by atoms with Gasteiger partial charge in [-0.3, -0.25) is 109 Å². The zero-order chi connectivity index (χ0) is 103. The first kappa shape index (κ1) is 115. The molecular formula is C83H140N32O22. The molecule has 3 aliphatic rings. The quantitative estimate of drug-likeness (QED) is 0.0164. The zero-order valence-corrected chi connectivity index (χ0v) is 77.9. The van der Waals surface area contributed by atoms with Gasteiger partial charge in [0, 0.05) is 58.8 Å². The number of carboxylic acid groups (broad SMARTS) is 2. The van der Waals surface area contributed by atoms with E-state index in [9.17, 15) is 87.5 Å². The van der Waals surface area contributed by atoms with E-state index in [2.05, 4.69) is 90.4 Å². The summed E-state index contributed by atoms with van der Waals surface area (Å²) in [5.41, 5.74) is 39.7. The van der Waals surface area contributed by atoms with Gasteiger partial charge in [0.15, 0.2) is 29.8 Å². The molecule has 0 spiro atoms. The molecule has 0 radical (unpaired) electrons. The second-order valence-corrected chi connectivity index (χ2v) is 34.4. The fourth-order valence-corrected chi connectivity index (χ4v) is 15.4. The van der Waals surface area contributed by atoms with E-state index < -0.39 is 264 Å². The molecule has 16 amide bonds. The van der Waals surface area contributed by atoms with E-state index in [-0.39, 0.29) is 161 Å². The third-order valence-corrected chi connectivity index (χ3v) is 22.4. The predicted molar refractivity (Wildman–Crippen MR) is 494 cm³/mol. The third kappa shape index (κ3) is 40.2. The third-order valence-electron chi connectivity index (χ3n) is 22.4. The van der Waals surface area contributed by atoms with Gasteiger partial charge in [-0.25, -0.2) is 4.79 Å². The molecule has 0 aromatic heterocycles. The van der Waals surface area contributed by atoms with Gasteiger partial charge in [-0.15, -0.1) is 0 Å². The first-order valence-corrected chi connectivity index (χ1v) is 45.3. The maximum atomic E-state index is 15.3. The van der Waals surface area contributed by atoms with Crippen molar-refractivity contribution >= 4 is 136 Å². The number of nitrogens with zero attached hydrogens (tertiary/aromatic N) is 3. The first-order chi connectivity index (χ1) is 64.5. The van der Waals surface area contributed by atoms with Crippen LogP contribution in [-0.4, -0.2) is 333 Å². The van der Waals surface area contributed by atoms with Crippen LogP contribution in [0, 0.1) is 38.9 Å². The normalized spacial score (nSPS) is 17.5. The Hall–Kier alpha value is -14.1. The van der Waals surface area contributed by atoms with Crippen LogP contribution >= 0.6 is 0 Å². The lowest BCUT2D eigenvalue weighted by Gasteiger charge is -2.34. The van der Waals surface area contributed by atoms with Crippen molar-refractivity contribution in [2.24, 2.45) is 52.0 Å². The van der Waals surface area contributed by atoms with Gasteiger partial charge in [-0.05, 0) is 140 Å². The number of carbonyl (C=O) groups is 18. The SMILES string of the molecule is CC(C)C[C@H](NC(=O)[C@H](CC(N)=O)NC(=O)[C@@H](NC(=O)[C@@H]1CCCN1C(=O)[C@@H]1CCCN1C(=O)[C@H](CCCNC(=N)N)NC(=O)[C@H](Cc1ccccc1)NC(=O)[C@H](CCCNC(=N)N)NC(=O)[C@H](CCCNC(=N)N)NC(=O)[C@H](CC(=O)O)NC(=O)[C@H](C)NC(=O)[C@@H]1CCCN1C(=O)[C@@H](N)CCCNC(=N)N)[C@@H](C)O)C(=O)N[C@@H](CCCNC(=N)N)C(=O)N[C@@H](CO)C(=O)N[C@H](C(=O)O)C(C)C. The minimum absolute atomic E-state index is 0.0102. The van der Waals surface area contributed by atoms with E-state index in [1.807, 2.05) is 0 Å². The minimum Gasteiger partial charge on any atom is -0.481 e. The standard InChI is InChI=1S/C83H140N32O22/c1-41(2)36-51(67(125)103-49(23-13-31-99-82(92)93)66(124)110-55(40-116)71(129)111-61(42(3)4)78(136)137)107-69(127)53(38-59(85)118)109-74(132)62(44(6)117)112-73(131)57-26-16-34-114(57)77(135)58-27-17-35-115(58)76(134)50(24-14-32-100-83(94)95)105-68(126)52(37-45-18-8-7-9-19-45)108-65(123)48(22-12-30-98-81(90)91)102-64(122)47(21-11-29-97-80(88)89)104-70(128)54(39-60(119)120)106-63(121)43(5)101-72(130)56-25-15-33-113(56)75(133)46(84)20-10-28-96-79(86)87/h7-9,18-19,41-44,46-58,61-62,116-117H,10-17,20-40,84H2,1-6H3,(H2,85,118)(H,101,130)(H,102,122)(H,103,125)(H,104,128)(H,105,126)(H,106,121)(H,107,127)(H,108,123)(H,109,132)(H,110,124)(H,111,129)(H,112,131)(H,119,120)(H,136,137)(H4,86,87,96)(H4,88,89,97)(H4,90,91,98)(H4,92,93,99)(H4,94,95,100)/t43-,44+,46-,47-,48-,49-,50-,51-,52-,53-,54-,55-,56-,57-,58-,61-,62-/m0/s1.